The summed E-state index contributed by atoms with van der Waals surface area (Å²) in [5.74, 6) is -1.76. The van der Waals surface area contributed by atoms with Crippen molar-refractivity contribution < 1.29 is 28.3 Å². The molecule has 1 aromatic heterocycles. The maximum Gasteiger partial charge on any atom is 0.338 e. The average molecular weight is 359 g/mol. The zero-order valence-electron chi connectivity index (χ0n) is 14.1. The van der Waals surface area contributed by atoms with Crippen molar-refractivity contribution in [3.8, 4) is 0 Å². The van der Waals surface area contributed by atoms with Crippen LogP contribution in [0.1, 0.15) is 27.8 Å². The summed E-state index contributed by atoms with van der Waals surface area (Å²) in [6, 6.07) is 8.29. The van der Waals surface area contributed by atoms with E-state index in [1.54, 1.807) is 6.07 Å². The Morgan fingerprint density at radius 3 is 2.35 bits per heavy atom. The Balaban J connectivity index is 1.92. The predicted molar refractivity (Wildman–Crippen MR) is 90.6 cm³/mol. The number of rotatable bonds is 5. The summed E-state index contributed by atoms with van der Waals surface area (Å²) in [5, 5.41) is 6.83. The second-order valence-corrected chi connectivity index (χ2v) is 5.12. The molecule has 136 valence electrons. The quantitative estimate of drug-likeness (QED) is 0.695. The maximum absolute atomic E-state index is 12.0. The molecule has 0 aliphatic carbocycles. The van der Waals surface area contributed by atoms with Gasteiger partial charge in [-0.05, 0) is 43.3 Å². The molecule has 4 amide bonds. The fraction of sp³-hybridized carbons (Fsp3) is 0.176. The molecule has 1 heterocycles. The van der Waals surface area contributed by atoms with E-state index in [0.29, 0.717) is 5.69 Å². The number of amides is 4. The third-order valence-electron chi connectivity index (χ3n) is 3.24. The molecule has 0 saturated heterocycles. The van der Waals surface area contributed by atoms with Gasteiger partial charge >= 0.3 is 12.0 Å². The molecular weight excluding hydrogens is 342 g/mol. The van der Waals surface area contributed by atoms with Gasteiger partial charge in [-0.2, -0.15) is 0 Å². The Kier molecular flexibility index (Phi) is 6.10. The van der Waals surface area contributed by atoms with E-state index in [-0.39, 0.29) is 11.3 Å². The molecule has 3 N–H and O–H groups in total. The highest BCUT2D eigenvalue weighted by Crippen LogP contribution is 2.13. The third-order valence-corrected chi connectivity index (χ3v) is 3.24. The average Bonchev–Trinajstić information content (AvgIpc) is 3.16. The van der Waals surface area contributed by atoms with Gasteiger partial charge in [0.1, 0.15) is 0 Å². The van der Waals surface area contributed by atoms with Crippen molar-refractivity contribution >= 4 is 29.5 Å². The fourth-order valence-corrected chi connectivity index (χ4v) is 1.85. The molecular formula is C17H17N3O6. The van der Waals surface area contributed by atoms with Gasteiger partial charge in [0.25, 0.3) is 11.8 Å². The first-order chi connectivity index (χ1) is 12.4. The Morgan fingerprint density at radius 2 is 1.77 bits per heavy atom. The SMILES string of the molecule is CNC(=O)NC(=O)[C@H](C)OC(=O)c1ccc(NC(=O)c2ccco2)cc1. The molecule has 0 radical (unpaired) electrons. The van der Waals surface area contributed by atoms with Crippen LogP contribution in [-0.4, -0.2) is 37.0 Å². The maximum atomic E-state index is 12.0. The second-order valence-electron chi connectivity index (χ2n) is 5.12. The highest BCUT2D eigenvalue weighted by atomic mass is 16.5. The van der Waals surface area contributed by atoms with Crippen molar-refractivity contribution in [1.29, 1.82) is 0 Å². The molecule has 2 aromatic rings. The molecule has 0 aliphatic heterocycles. The third kappa shape index (κ3) is 4.94. The van der Waals surface area contributed by atoms with Crippen LogP contribution in [0.25, 0.3) is 0 Å². The summed E-state index contributed by atoms with van der Waals surface area (Å²) in [6.07, 6.45) is 0.230. The predicted octanol–water partition coefficient (Wildman–Crippen LogP) is 1.53. The number of benzene rings is 1. The number of furan rings is 1. The number of esters is 1. The Morgan fingerprint density at radius 1 is 1.08 bits per heavy atom. The lowest BCUT2D eigenvalue weighted by Crippen LogP contribution is -2.43. The molecule has 0 saturated carbocycles. The van der Waals surface area contributed by atoms with Gasteiger partial charge in [-0.25, -0.2) is 9.59 Å². The number of hydrogen-bond acceptors (Lipinski definition) is 6. The minimum atomic E-state index is -1.15. The summed E-state index contributed by atoms with van der Waals surface area (Å²) in [6.45, 7) is 1.34. The topological polar surface area (TPSA) is 127 Å². The molecule has 2 rings (SSSR count). The Labute approximate surface area is 148 Å². The van der Waals surface area contributed by atoms with Crippen molar-refractivity contribution in [2.45, 2.75) is 13.0 Å². The van der Waals surface area contributed by atoms with Gasteiger partial charge in [0.05, 0.1) is 11.8 Å². The van der Waals surface area contributed by atoms with Gasteiger partial charge in [0.2, 0.25) is 0 Å². The van der Waals surface area contributed by atoms with E-state index in [1.807, 2.05) is 5.32 Å². The number of anilines is 1. The normalized spacial score (nSPS) is 11.2. The van der Waals surface area contributed by atoms with Crippen LogP contribution in [0.15, 0.2) is 47.1 Å². The van der Waals surface area contributed by atoms with E-state index in [2.05, 4.69) is 10.6 Å². The largest absolute Gasteiger partial charge is 0.459 e. The number of carbonyl (C=O) groups excluding carboxylic acids is 4. The van der Waals surface area contributed by atoms with Gasteiger partial charge in [-0.15, -0.1) is 0 Å². The number of imide groups is 1. The van der Waals surface area contributed by atoms with Gasteiger partial charge in [-0.1, -0.05) is 0 Å². The van der Waals surface area contributed by atoms with Gasteiger partial charge in [-0.3, -0.25) is 14.9 Å². The van der Waals surface area contributed by atoms with E-state index in [4.69, 9.17) is 9.15 Å². The molecule has 0 fully saturated rings. The minimum absolute atomic E-state index is 0.157. The zero-order valence-corrected chi connectivity index (χ0v) is 14.1. The monoisotopic (exact) mass is 359 g/mol. The number of hydrogen-bond donors (Lipinski definition) is 3. The first kappa shape index (κ1) is 18.7. The van der Waals surface area contributed by atoms with E-state index in [1.165, 1.54) is 50.6 Å². The minimum Gasteiger partial charge on any atom is -0.459 e. The molecule has 1 aromatic carbocycles. The molecule has 26 heavy (non-hydrogen) atoms. The first-order valence-corrected chi connectivity index (χ1v) is 7.59. The lowest BCUT2D eigenvalue weighted by molar-refractivity contribution is -0.127. The summed E-state index contributed by atoms with van der Waals surface area (Å²) in [4.78, 5) is 46.6. The van der Waals surface area contributed by atoms with E-state index < -0.39 is 29.9 Å². The van der Waals surface area contributed by atoms with Crippen LogP contribution in [0.5, 0.6) is 0 Å². The smallest absolute Gasteiger partial charge is 0.338 e. The Hall–Kier alpha value is -3.62. The lowest BCUT2D eigenvalue weighted by Gasteiger charge is -2.13. The number of nitrogens with one attached hydrogen (secondary N) is 3. The lowest BCUT2D eigenvalue weighted by atomic mass is 10.2. The van der Waals surface area contributed by atoms with E-state index in [9.17, 15) is 19.2 Å². The van der Waals surface area contributed by atoms with Crippen LogP contribution in [0.4, 0.5) is 10.5 Å². The summed E-state index contributed by atoms with van der Waals surface area (Å²) < 4.78 is 9.97. The van der Waals surface area contributed by atoms with Crippen LogP contribution in [0.3, 0.4) is 0 Å². The van der Waals surface area contributed by atoms with Gasteiger partial charge in [0, 0.05) is 12.7 Å². The van der Waals surface area contributed by atoms with Crippen LogP contribution >= 0.6 is 0 Å². The van der Waals surface area contributed by atoms with Gasteiger partial charge < -0.3 is 19.8 Å². The molecule has 9 heteroatoms. The van der Waals surface area contributed by atoms with Crippen molar-refractivity contribution in [2.75, 3.05) is 12.4 Å². The van der Waals surface area contributed by atoms with E-state index in [0.717, 1.165) is 0 Å². The van der Waals surface area contributed by atoms with Crippen LogP contribution in [0, 0.1) is 0 Å². The summed E-state index contributed by atoms with van der Waals surface area (Å²) >= 11 is 0. The number of carbonyl (C=O) groups is 4. The van der Waals surface area contributed by atoms with Gasteiger partial charge in [0.15, 0.2) is 11.9 Å². The number of ether oxygens (including phenoxy) is 1. The summed E-state index contributed by atoms with van der Waals surface area (Å²) in [5.41, 5.74) is 0.633. The van der Waals surface area contributed by atoms with Crippen LogP contribution in [0.2, 0.25) is 0 Å². The molecule has 1 atom stereocenters. The molecule has 9 nitrogen and oxygen atoms in total. The fourth-order valence-electron chi connectivity index (χ4n) is 1.85. The van der Waals surface area contributed by atoms with Crippen LogP contribution in [-0.2, 0) is 9.53 Å². The Bertz CT molecular complexity index is 798. The van der Waals surface area contributed by atoms with Crippen molar-refractivity contribution in [3.63, 3.8) is 0 Å². The highest BCUT2D eigenvalue weighted by molar-refractivity contribution is 6.02. The highest BCUT2D eigenvalue weighted by Gasteiger charge is 2.20. The van der Waals surface area contributed by atoms with Crippen molar-refractivity contribution in [2.24, 2.45) is 0 Å². The molecule has 0 aliphatic rings. The standard InChI is InChI=1S/C17H17N3O6/c1-10(14(21)20-17(24)18-2)26-16(23)11-5-7-12(8-6-11)19-15(22)13-4-3-9-25-13/h3-10H,1-2H3,(H,19,22)(H2,18,20,21,24)/t10-/m0/s1. The van der Waals surface area contributed by atoms with E-state index >= 15 is 0 Å². The molecule has 0 bridgehead atoms. The second kappa shape index (κ2) is 8.47. The zero-order chi connectivity index (χ0) is 19.1. The summed E-state index contributed by atoms with van der Waals surface area (Å²) in [7, 11) is 1.35. The van der Waals surface area contributed by atoms with Crippen molar-refractivity contribution in [1.82, 2.24) is 10.6 Å². The molecule has 0 spiro atoms. The van der Waals surface area contributed by atoms with Crippen molar-refractivity contribution in [3.05, 3.63) is 54.0 Å². The first-order valence-electron chi connectivity index (χ1n) is 7.59. The van der Waals surface area contributed by atoms with Crippen LogP contribution < -0.4 is 16.0 Å². The molecule has 0 unspecified atom stereocenters. The number of urea groups is 1.